The van der Waals surface area contributed by atoms with Crippen molar-refractivity contribution in [2.45, 2.75) is 19.3 Å². The highest BCUT2D eigenvalue weighted by molar-refractivity contribution is 9.10. The Kier molecular flexibility index (Phi) is 11.1. The second-order valence-electron chi connectivity index (χ2n) is 6.68. The summed E-state index contributed by atoms with van der Waals surface area (Å²) in [7, 11) is 0. The topological polar surface area (TPSA) is 134 Å². The van der Waals surface area contributed by atoms with Gasteiger partial charge in [-0.2, -0.15) is 5.26 Å². The van der Waals surface area contributed by atoms with Gasteiger partial charge in [0.1, 0.15) is 28.6 Å². The number of rotatable bonds is 13. The van der Waals surface area contributed by atoms with Crippen LogP contribution in [0, 0.1) is 11.3 Å². The number of halogens is 1. The number of hydrogen-bond donors (Lipinski definition) is 2. The average molecular weight is 515 g/mol. The molecule has 0 fully saturated rings. The first-order chi connectivity index (χ1) is 16.0. The van der Waals surface area contributed by atoms with Gasteiger partial charge in [-0.05, 0) is 71.1 Å². The van der Waals surface area contributed by atoms with Gasteiger partial charge in [-0.3, -0.25) is 4.79 Å². The molecule has 0 aliphatic rings. The fraction of sp³-hybridized carbons (Fsp3) is 0.261. The number of aromatic nitrogens is 1. The summed E-state index contributed by atoms with van der Waals surface area (Å²) >= 11 is 3.26. The number of oxime groups is 1. The van der Waals surface area contributed by atoms with Crippen LogP contribution in [0.2, 0.25) is 0 Å². The van der Waals surface area contributed by atoms with E-state index in [1.807, 2.05) is 30.3 Å². The number of unbranched alkanes of at least 4 members (excludes halogenated alkanes) is 1. The number of nitrogens with one attached hydrogen (secondary N) is 1. The minimum Gasteiger partial charge on any atom is -0.488 e. The van der Waals surface area contributed by atoms with Crippen molar-refractivity contribution in [3.63, 3.8) is 0 Å². The fourth-order valence-electron chi connectivity index (χ4n) is 2.61. The molecule has 0 aliphatic heterocycles. The molecule has 2 N–H and O–H groups in total. The Morgan fingerprint density at radius 3 is 2.70 bits per heavy atom. The molecule has 2 rings (SSSR count). The second-order valence-corrected chi connectivity index (χ2v) is 7.49. The number of aliphatic carboxylic acids is 1. The van der Waals surface area contributed by atoms with E-state index in [1.165, 1.54) is 12.3 Å². The minimum atomic E-state index is -1.09. The van der Waals surface area contributed by atoms with E-state index in [0.29, 0.717) is 22.6 Å². The fourth-order valence-corrected chi connectivity index (χ4v) is 2.97. The zero-order chi connectivity index (χ0) is 23.9. The number of nitriles is 1. The number of hydrogen-bond acceptors (Lipinski definition) is 7. The Balaban J connectivity index is 1.66. The molecular weight excluding hydrogens is 492 g/mol. The van der Waals surface area contributed by atoms with Crippen LogP contribution in [0.5, 0.6) is 5.75 Å². The first-order valence-electron chi connectivity index (χ1n) is 10.1. The number of carboxylic acids is 1. The van der Waals surface area contributed by atoms with Gasteiger partial charge in [0.15, 0.2) is 0 Å². The molecule has 9 nitrogen and oxygen atoms in total. The largest absolute Gasteiger partial charge is 0.488 e. The third-order valence-electron chi connectivity index (χ3n) is 4.16. The number of ether oxygens (including phenoxy) is 1. The van der Waals surface area contributed by atoms with E-state index < -0.39 is 18.5 Å². The van der Waals surface area contributed by atoms with E-state index in [2.05, 4.69) is 36.2 Å². The summed E-state index contributed by atoms with van der Waals surface area (Å²) in [5, 5.41) is 23.9. The van der Waals surface area contributed by atoms with E-state index in [-0.39, 0.29) is 12.2 Å². The van der Waals surface area contributed by atoms with Gasteiger partial charge in [-0.15, -0.1) is 0 Å². The Hall–Kier alpha value is -3.71. The quantitative estimate of drug-likeness (QED) is 0.104. The molecule has 1 aromatic carbocycles. The highest BCUT2D eigenvalue weighted by Crippen LogP contribution is 2.14. The molecule has 1 heterocycles. The molecule has 0 spiro atoms. The average Bonchev–Trinajstić information content (AvgIpc) is 2.80. The Morgan fingerprint density at radius 1 is 1.21 bits per heavy atom. The number of amides is 1. The van der Waals surface area contributed by atoms with E-state index in [1.54, 1.807) is 18.2 Å². The zero-order valence-electron chi connectivity index (χ0n) is 17.7. The Labute approximate surface area is 199 Å². The van der Waals surface area contributed by atoms with Crippen molar-refractivity contribution in [3.05, 3.63) is 63.9 Å². The summed E-state index contributed by atoms with van der Waals surface area (Å²) in [6, 6.07) is 14.8. The smallest absolute Gasteiger partial charge is 0.344 e. The van der Waals surface area contributed by atoms with Crippen molar-refractivity contribution >= 4 is 40.1 Å². The molecule has 0 atom stereocenters. The van der Waals surface area contributed by atoms with Crippen molar-refractivity contribution in [1.29, 1.82) is 5.26 Å². The van der Waals surface area contributed by atoms with Crippen molar-refractivity contribution in [2.24, 2.45) is 5.16 Å². The highest BCUT2D eigenvalue weighted by atomic mass is 79.9. The number of nitrogens with zero attached hydrogens (tertiary/aromatic N) is 3. The number of benzene rings is 1. The summed E-state index contributed by atoms with van der Waals surface area (Å²) in [6.45, 7) is 0.137. The molecule has 0 bridgehead atoms. The molecule has 10 heteroatoms. The first-order valence-corrected chi connectivity index (χ1v) is 10.9. The van der Waals surface area contributed by atoms with Crippen LogP contribution in [0.4, 0.5) is 0 Å². The van der Waals surface area contributed by atoms with Crippen LogP contribution in [0.25, 0.3) is 6.08 Å². The van der Waals surface area contributed by atoms with Crippen LogP contribution in [-0.2, 0) is 20.8 Å². The number of aryl methyl sites for hydroxylation is 1. The van der Waals surface area contributed by atoms with Gasteiger partial charge in [0.2, 0.25) is 6.61 Å². The lowest BCUT2D eigenvalue weighted by atomic mass is 10.1. The van der Waals surface area contributed by atoms with E-state index in [4.69, 9.17) is 9.84 Å². The summed E-state index contributed by atoms with van der Waals surface area (Å²) in [5.74, 6) is -0.854. The number of carbonyl (C=O) groups is 2. The van der Waals surface area contributed by atoms with Crippen molar-refractivity contribution in [3.8, 4) is 11.8 Å². The van der Waals surface area contributed by atoms with Gasteiger partial charge < -0.3 is 20.0 Å². The zero-order valence-corrected chi connectivity index (χ0v) is 19.3. The molecule has 1 aromatic heterocycles. The number of carboxylic acid groups (broad SMARTS) is 1. The predicted octanol–water partition coefficient (Wildman–Crippen LogP) is 3.36. The summed E-state index contributed by atoms with van der Waals surface area (Å²) in [4.78, 5) is 31.2. The second kappa shape index (κ2) is 14.4. The molecule has 0 saturated heterocycles. The van der Waals surface area contributed by atoms with Gasteiger partial charge in [0.25, 0.3) is 5.91 Å². The maximum Gasteiger partial charge on any atom is 0.344 e. The SMILES string of the molecule is N#C/C(=C\c1cccc(Br)n1)C(=O)NCCCCc1ccc(OCC=NOCC(=O)O)cc1. The molecule has 0 saturated carbocycles. The standard InChI is InChI=1S/C23H23BrN4O5/c24-21-6-3-5-19(28-21)14-18(15-25)23(31)26-11-2-1-4-17-7-9-20(10-8-17)32-13-12-27-33-16-22(29)30/h3,5-10,12,14H,1-2,4,11,13,16H2,(H,26,31)(H,29,30)/b18-14+,27-12?. The first kappa shape index (κ1) is 25.5. The molecule has 33 heavy (non-hydrogen) atoms. The van der Waals surface area contributed by atoms with Crippen molar-refractivity contribution in [2.75, 3.05) is 19.8 Å². The lowest BCUT2D eigenvalue weighted by Crippen LogP contribution is -2.25. The summed E-state index contributed by atoms with van der Waals surface area (Å²) in [6.07, 6.45) is 5.27. The van der Waals surface area contributed by atoms with Crippen LogP contribution in [0.1, 0.15) is 24.1 Å². The highest BCUT2D eigenvalue weighted by Gasteiger charge is 2.09. The number of pyridine rings is 1. The minimum absolute atomic E-state index is 0.00896. The summed E-state index contributed by atoms with van der Waals surface area (Å²) < 4.78 is 6.09. The molecule has 0 aliphatic carbocycles. The van der Waals surface area contributed by atoms with Gasteiger partial charge in [0, 0.05) is 6.54 Å². The van der Waals surface area contributed by atoms with E-state index >= 15 is 0 Å². The van der Waals surface area contributed by atoms with Crippen molar-refractivity contribution in [1.82, 2.24) is 10.3 Å². The van der Waals surface area contributed by atoms with Crippen LogP contribution in [-0.4, -0.2) is 47.9 Å². The summed E-state index contributed by atoms with van der Waals surface area (Å²) in [5.41, 5.74) is 1.67. The Morgan fingerprint density at radius 2 is 2.00 bits per heavy atom. The third kappa shape index (κ3) is 10.4. The van der Waals surface area contributed by atoms with Crippen LogP contribution in [0.15, 0.2) is 57.8 Å². The monoisotopic (exact) mass is 514 g/mol. The van der Waals surface area contributed by atoms with Crippen LogP contribution < -0.4 is 10.1 Å². The van der Waals surface area contributed by atoms with E-state index in [9.17, 15) is 14.9 Å². The molecule has 1 amide bonds. The van der Waals surface area contributed by atoms with Gasteiger partial charge in [0.05, 0.1) is 11.9 Å². The molecule has 2 aromatic rings. The van der Waals surface area contributed by atoms with Crippen molar-refractivity contribution < 1.29 is 24.3 Å². The van der Waals surface area contributed by atoms with Gasteiger partial charge in [-0.25, -0.2) is 9.78 Å². The Bertz CT molecular complexity index is 1030. The predicted molar refractivity (Wildman–Crippen MR) is 125 cm³/mol. The molecule has 0 unspecified atom stereocenters. The molecule has 172 valence electrons. The van der Waals surface area contributed by atoms with Gasteiger partial charge >= 0.3 is 5.97 Å². The van der Waals surface area contributed by atoms with Crippen LogP contribution >= 0.6 is 15.9 Å². The molecule has 0 radical (unpaired) electrons. The maximum absolute atomic E-state index is 12.2. The lowest BCUT2D eigenvalue weighted by molar-refractivity contribution is -0.142. The van der Waals surface area contributed by atoms with Gasteiger partial charge in [-0.1, -0.05) is 23.4 Å². The third-order valence-corrected chi connectivity index (χ3v) is 4.60. The maximum atomic E-state index is 12.2. The van der Waals surface area contributed by atoms with Crippen LogP contribution in [0.3, 0.4) is 0 Å². The molecular formula is C23H23BrN4O5. The lowest BCUT2D eigenvalue weighted by Gasteiger charge is -2.06. The van der Waals surface area contributed by atoms with E-state index in [0.717, 1.165) is 24.8 Å². The number of carbonyl (C=O) groups excluding carboxylic acids is 1. The normalized spacial score (nSPS) is 11.1.